The molecule has 0 saturated heterocycles. The number of aromatic nitrogens is 2. The fourth-order valence-electron chi connectivity index (χ4n) is 2.31. The Morgan fingerprint density at radius 3 is 2.95 bits per heavy atom. The second-order valence-corrected chi connectivity index (χ2v) is 4.90. The highest BCUT2D eigenvalue weighted by Gasteiger charge is 2.14. The second kappa shape index (κ2) is 5.42. The van der Waals surface area contributed by atoms with Gasteiger partial charge in [-0.3, -0.25) is 4.79 Å². The zero-order chi connectivity index (χ0) is 13.9. The van der Waals surface area contributed by atoms with Crippen molar-refractivity contribution in [2.24, 2.45) is 10.8 Å². The highest BCUT2D eigenvalue weighted by Crippen LogP contribution is 2.17. The molecule has 1 aromatic heterocycles. The van der Waals surface area contributed by atoms with Crippen molar-refractivity contribution < 1.29 is 4.79 Å². The van der Waals surface area contributed by atoms with Crippen LogP contribution in [0.3, 0.4) is 0 Å². The number of rotatable bonds is 4. The lowest BCUT2D eigenvalue weighted by Gasteiger charge is -2.11. The third-order valence-corrected chi connectivity index (χ3v) is 3.39. The molecule has 104 valence electrons. The van der Waals surface area contributed by atoms with Crippen LogP contribution in [-0.2, 0) is 11.2 Å². The predicted octanol–water partition coefficient (Wildman–Crippen LogP) is 1.07. The Morgan fingerprint density at radius 1 is 1.30 bits per heavy atom. The molecule has 1 amide bonds. The van der Waals surface area contributed by atoms with Crippen molar-refractivity contribution in [3.05, 3.63) is 29.6 Å². The van der Waals surface area contributed by atoms with E-state index in [4.69, 9.17) is 5.73 Å². The van der Waals surface area contributed by atoms with Crippen LogP contribution in [0.25, 0.3) is 11.0 Å². The zero-order valence-corrected chi connectivity index (χ0v) is 11.1. The molecule has 2 aromatic rings. The van der Waals surface area contributed by atoms with E-state index in [1.165, 1.54) is 0 Å². The maximum atomic E-state index is 11.1. The minimum absolute atomic E-state index is 0.0274. The van der Waals surface area contributed by atoms with Gasteiger partial charge in [0, 0.05) is 19.3 Å². The third-order valence-electron chi connectivity index (χ3n) is 3.39. The van der Waals surface area contributed by atoms with Crippen molar-refractivity contribution in [3.63, 3.8) is 0 Å². The number of aromatic amines is 1. The Morgan fingerprint density at radius 2 is 2.20 bits per heavy atom. The van der Waals surface area contributed by atoms with Crippen molar-refractivity contribution in [1.29, 1.82) is 0 Å². The average molecular weight is 271 g/mol. The molecule has 0 saturated carbocycles. The fourth-order valence-corrected chi connectivity index (χ4v) is 2.31. The lowest BCUT2D eigenvalue weighted by molar-refractivity contribution is -0.121. The molecule has 1 aliphatic heterocycles. The van der Waals surface area contributed by atoms with Gasteiger partial charge in [0.2, 0.25) is 5.91 Å². The highest BCUT2D eigenvalue weighted by atomic mass is 16.2. The first-order chi connectivity index (χ1) is 9.76. The van der Waals surface area contributed by atoms with Crippen LogP contribution in [0, 0.1) is 0 Å². The molecule has 0 bridgehead atoms. The van der Waals surface area contributed by atoms with E-state index in [9.17, 15) is 4.79 Å². The number of carbonyl (C=O) groups excluding carboxylic acids is 1. The number of hydrazone groups is 1. The molecule has 6 heteroatoms. The van der Waals surface area contributed by atoms with Gasteiger partial charge in [0.25, 0.3) is 0 Å². The van der Waals surface area contributed by atoms with Crippen molar-refractivity contribution >= 4 is 22.7 Å². The summed E-state index contributed by atoms with van der Waals surface area (Å²) < 4.78 is 0. The number of hydrogen-bond acceptors (Lipinski definition) is 4. The number of carbonyl (C=O) groups is 1. The highest BCUT2D eigenvalue weighted by molar-refractivity contribution is 6.05. The molecule has 1 aromatic carbocycles. The number of nitrogens with zero attached hydrogens (tertiary/aromatic N) is 2. The monoisotopic (exact) mass is 271 g/mol. The Kier molecular flexibility index (Phi) is 3.47. The fraction of sp³-hybridized carbons (Fsp3) is 0.357. The molecule has 4 N–H and O–H groups in total. The summed E-state index contributed by atoms with van der Waals surface area (Å²) in [6.45, 7) is 0.665. The van der Waals surface area contributed by atoms with Crippen LogP contribution in [0.15, 0.2) is 23.3 Å². The zero-order valence-electron chi connectivity index (χ0n) is 11.1. The first kappa shape index (κ1) is 12.8. The van der Waals surface area contributed by atoms with E-state index in [0.717, 1.165) is 41.0 Å². The summed E-state index contributed by atoms with van der Waals surface area (Å²) in [4.78, 5) is 18.9. The Hall–Kier alpha value is -2.21. The quantitative estimate of drug-likeness (QED) is 0.776. The van der Waals surface area contributed by atoms with Gasteiger partial charge in [-0.2, -0.15) is 5.10 Å². The molecule has 6 nitrogen and oxygen atoms in total. The molecule has 0 atom stereocenters. The summed E-state index contributed by atoms with van der Waals surface area (Å²) in [7, 11) is 0. The molecular weight excluding hydrogens is 254 g/mol. The molecule has 0 spiro atoms. The van der Waals surface area contributed by atoms with E-state index in [2.05, 4.69) is 20.5 Å². The van der Waals surface area contributed by atoms with Gasteiger partial charge >= 0.3 is 0 Å². The maximum Gasteiger partial charge on any atom is 0.240 e. The molecule has 0 radical (unpaired) electrons. The van der Waals surface area contributed by atoms with Crippen molar-refractivity contribution in [2.45, 2.75) is 25.7 Å². The summed E-state index contributed by atoms with van der Waals surface area (Å²) in [5, 5.41) is 4.11. The maximum absolute atomic E-state index is 11.1. The summed E-state index contributed by atoms with van der Waals surface area (Å²) >= 11 is 0. The van der Waals surface area contributed by atoms with E-state index in [1.807, 2.05) is 18.2 Å². The summed E-state index contributed by atoms with van der Waals surface area (Å²) in [5.74, 6) is 0.932. The van der Waals surface area contributed by atoms with Gasteiger partial charge < -0.3 is 10.7 Å². The molecule has 1 aliphatic rings. The second-order valence-electron chi connectivity index (χ2n) is 4.90. The van der Waals surface area contributed by atoms with E-state index < -0.39 is 0 Å². The van der Waals surface area contributed by atoms with Crippen LogP contribution < -0.4 is 11.2 Å². The molecule has 3 rings (SSSR count). The number of fused-ring (bicyclic) bond motifs is 1. The van der Waals surface area contributed by atoms with Crippen molar-refractivity contribution in [2.75, 3.05) is 6.54 Å². The molecule has 2 heterocycles. The SMILES string of the molecule is NCCCc1nc2ccc(C3=NNC(=O)CC3)cc2[nH]1. The van der Waals surface area contributed by atoms with E-state index in [1.54, 1.807) is 0 Å². The van der Waals surface area contributed by atoms with Gasteiger partial charge in [0.15, 0.2) is 0 Å². The van der Waals surface area contributed by atoms with E-state index >= 15 is 0 Å². The van der Waals surface area contributed by atoms with Gasteiger partial charge in [-0.1, -0.05) is 6.07 Å². The molecule has 0 unspecified atom stereocenters. The number of H-pyrrole nitrogens is 1. The van der Waals surface area contributed by atoms with Gasteiger partial charge in [-0.25, -0.2) is 10.4 Å². The van der Waals surface area contributed by atoms with E-state index in [-0.39, 0.29) is 5.91 Å². The molecule has 0 aliphatic carbocycles. The first-order valence-corrected chi connectivity index (χ1v) is 6.81. The van der Waals surface area contributed by atoms with Crippen LogP contribution in [0.1, 0.15) is 30.7 Å². The van der Waals surface area contributed by atoms with Crippen LogP contribution in [0.5, 0.6) is 0 Å². The Balaban J connectivity index is 1.88. The molecule has 20 heavy (non-hydrogen) atoms. The van der Waals surface area contributed by atoms with Crippen molar-refractivity contribution in [3.8, 4) is 0 Å². The summed E-state index contributed by atoms with van der Waals surface area (Å²) in [5.41, 5.74) is 11.9. The Bertz CT molecular complexity index is 673. The van der Waals surface area contributed by atoms with Gasteiger partial charge in [-0.15, -0.1) is 0 Å². The number of imidazole rings is 1. The smallest absolute Gasteiger partial charge is 0.240 e. The minimum Gasteiger partial charge on any atom is -0.342 e. The number of aryl methyl sites for hydroxylation is 1. The van der Waals surface area contributed by atoms with E-state index in [0.29, 0.717) is 19.4 Å². The third kappa shape index (κ3) is 2.55. The molecular formula is C14H17N5O. The predicted molar refractivity (Wildman–Crippen MR) is 77.4 cm³/mol. The topological polar surface area (TPSA) is 96.2 Å². The van der Waals surface area contributed by atoms with Crippen LogP contribution >= 0.6 is 0 Å². The van der Waals surface area contributed by atoms with Crippen LogP contribution in [-0.4, -0.2) is 28.1 Å². The number of nitrogens with two attached hydrogens (primary N) is 1. The van der Waals surface area contributed by atoms with Crippen LogP contribution in [0.2, 0.25) is 0 Å². The number of nitrogens with one attached hydrogen (secondary N) is 2. The lowest BCUT2D eigenvalue weighted by atomic mass is 10.0. The van der Waals surface area contributed by atoms with Gasteiger partial charge in [0.05, 0.1) is 16.7 Å². The lowest BCUT2D eigenvalue weighted by Crippen LogP contribution is -2.25. The number of amides is 1. The first-order valence-electron chi connectivity index (χ1n) is 6.81. The summed E-state index contributed by atoms with van der Waals surface area (Å²) in [6, 6.07) is 6.00. The van der Waals surface area contributed by atoms with Gasteiger partial charge in [0.1, 0.15) is 5.82 Å². The minimum atomic E-state index is -0.0274. The Labute approximate surface area is 116 Å². The number of benzene rings is 1. The largest absolute Gasteiger partial charge is 0.342 e. The van der Waals surface area contributed by atoms with Crippen molar-refractivity contribution in [1.82, 2.24) is 15.4 Å². The van der Waals surface area contributed by atoms with Crippen LogP contribution in [0.4, 0.5) is 0 Å². The summed E-state index contributed by atoms with van der Waals surface area (Å²) in [6.07, 6.45) is 2.94. The number of hydrogen-bond donors (Lipinski definition) is 3. The normalized spacial score (nSPS) is 15.2. The average Bonchev–Trinajstić information content (AvgIpc) is 2.87. The van der Waals surface area contributed by atoms with Gasteiger partial charge in [-0.05, 0) is 30.7 Å². The molecule has 0 fully saturated rings. The standard InChI is InChI=1S/C14H17N5O/c15-7-1-2-13-16-11-4-3-9(8-12(11)17-13)10-5-6-14(20)19-18-10/h3-4,8H,1-2,5-7,15H2,(H,16,17)(H,19,20).